The zero-order valence-corrected chi connectivity index (χ0v) is 9.52. The molecule has 1 aliphatic heterocycles. The van der Waals surface area contributed by atoms with E-state index in [9.17, 15) is 14.4 Å². The molecular formula is C11H16N2O4. The molecule has 2 aliphatic rings. The van der Waals surface area contributed by atoms with Gasteiger partial charge in [-0.1, -0.05) is 0 Å². The minimum atomic E-state index is -0.855. The molecule has 0 bridgehead atoms. The first kappa shape index (κ1) is 12.0. The molecule has 0 aromatic heterocycles. The van der Waals surface area contributed by atoms with E-state index in [4.69, 9.17) is 5.11 Å². The number of aliphatic carboxylic acids is 1. The van der Waals surface area contributed by atoms with Crippen molar-refractivity contribution in [2.75, 3.05) is 13.1 Å². The van der Waals surface area contributed by atoms with Crippen LogP contribution in [0.15, 0.2) is 0 Å². The SMILES string of the molecule is O=C(O)C(NCCN1C(=O)CCC1=O)C1CC1. The van der Waals surface area contributed by atoms with Crippen molar-refractivity contribution in [3.05, 3.63) is 0 Å². The van der Waals surface area contributed by atoms with Crippen LogP contribution in [-0.4, -0.2) is 46.9 Å². The van der Waals surface area contributed by atoms with Crippen molar-refractivity contribution in [2.45, 2.75) is 31.7 Å². The Morgan fingerprint density at radius 2 is 1.94 bits per heavy atom. The van der Waals surface area contributed by atoms with Gasteiger partial charge in [-0.2, -0.15) is 0 Å². The molecule has 2 N–H and O–H groups in total. The maximum Gasteiger partial charge on any atom is 0.320 e. The molecule has 0 aromatic carbocycles. The lowest BCUT2D eigenvalue weighted by molar-refractivity contribution is -0.140. The Bertz CT molecular complexity index is 335. The van der Waals surface area contributed by atoms with E-state index in [-0.39, 0.29) is 37.1 Å². The van der Waals surface area contributed by atoms with Crippen LogP contribution in [0.5, 0.6) is 0 Å². The van der Waals surface area contributed by atoms with Crippen LogP contribution in [0.3, 0.4) is 0 Å². The van der Waals surface area contributed by atoms with E-state index in [1.165, 1.54) is 4.90 Å². The van der Waals surface area contributed by atoms with E-state index in [0.717, 1.165) is 12.8 Å². The summed E-state index contributed by atoms with van der Waals surface area (Å²) in [7, 11) is 0. The van der Waals surface area contributed by atoms with Crippen LogP contribution in [0, 0.1) is 5.92 Å². The van der Waals surface area contributed by atoms with Crippen LogP contribution in [0.1, 0.15) is 25.7 Å². The van der Waals surface area contributed by atoms with Crippen LogP contribution < -0.4 is 5.32 Å². The van der Waals surface area contributed by atoms with Crippen LogP contribution >= 0.6 is 0 Å². The molecule has 1 saturated heterocycles. The third-order valence-corrected chi connectivity index (χ3v) is 3.21. The number of carboxylic acid groups (broad SMARTS) is 1. The Hall–Kier alpha value is -1.43. The second kappa shape index (κ2) is 4.83. The van der Waals surface area contributed by atoms with Crippen LogP contribution in [0.4, 0.5) is 0 Å². The van der Waals surface area contributed by atoms with Gasteiger partial charge in [-0.05, 0) is 18.8 Å². The summed E-state index contributed by atoms with van der Waals surface area (Å²) in [5, 5.41) is 11.9. The van der Waals surface area contributed by atoms with Crippen molar-refractivity contribution in [1.29, 1.82) is 0 Å². The summed E-state index contributed by atoms with van der Waals surface area (Å²) in [6.45, 7) is 0.624. The summed E-state index contributed by atoms with van der Waals surface area (Å²) < 4.78 is 0. The van der Waals surface area contributed by atoms with E-state index >= 15 is 0 Å². The number of nitrogens with zero attached hydrogens (tertiary/aromatic N) is 1. The second-order valence-corrected chi connectivity index (χ2v) is 4.55. The Morgan fingerprint density at radius 3 is 2.41 bits per heavy atom. The number of nitrogens with one attached hydrogen (secondary N) is 1. The number of rotatable bonds is 6. The van der Waals surface area contributed by atoms with E-state index in [2.05, 4.69) is 5.32 Å². The topological polar surface area (TPSA) is 86.7 Å². The molecule has 6 heteroatoms. The van der Waals surface area contributed by atoms with Gasteiger partial charge in [0.15, 0.2) is 0 Å². The van der Waals surface area contributed by atoms with Gasteiger partial charge in [0.05, 0.1) is 0 Å². The molecule has 2 fully saturated rings. The van der Waals surface area contributed by atoms with E-state index < -0.39 is 12.0 Å². The van der Waals surface area contributed by atoms with Crippen LogP contribution in [-0.2, 0) is 14.4 Å². The first-order valence-corrected chi connectivity index (χ1v) is 5.89. The Morgan fingerprint density at radius 1 is 1.35 bits per heavy atom. The number of carboxylic acids is 1. The number of carbonyl (C=O) groups excluding carboxylic acids is 2. The van der Waals surface area contributed by atoms with Crippen LogP contribution in [0.2, 0.25) is 0 Å². The molecule has 1 unspecified atom stereocenters. The fourth-order valence-corrected chi connectivity index (χ4v) is 2.09. The highest BCUT2D eigenvalue weighted by atomic mass is 16.4. The molecule has 2 amide bonds. The monoisotopic (exact) mass is 240 g/mol. The van der Waals surface area contributed by atoms with Crippen molar-refractivity contribution in [2.24, 2.45) is 5.92 Å². The summed E-state index contributed by atoms with van der Waals surface area (Å²) in [6.07, 6.45) is 2.44. The lowest BCUT2D eigenvalue weighted by atomic mass is 10.2. The molecule has 0 aromatic rings. The molecule has 1 saturated carbocycles. The average molecular weight is 240 g/mol. The summed E-state index contributed by atoms with van der Waals surface area (Å²) in [5.74, 6) is -0.964. The summed E-state index contributed by atoms with van der Waals surface area (Å²) in [6, 6.07) is -0.539. The fourth-order valence-electron chi connectivity index (χ4n) is 2.09. The van der Waals surface area contributed by atoms with Crippen molar-refractivity contribution >= 4 is 17.8 Å². The van der Waals surface area contributed by atoms with Gasteiger partial charge in [0.2, 0.25) is 11.8 Å². The highest BCUT2D eigenvalue weighted by Crippen LogP contribution is 2.32. The molecule has 2 rings (SSSR count). The van der Waals surface area contributed by atoms with Gasteiger partial charge in [-0.15, -0.1) is 0 Å². The summed E-state index contributed by atoms with van der Waals surface area (Å²) in [4.78, 5) is 34.7. The summed E-state index contributed by atoms with van der Waals surface area (Å²) >= 11 is 0. The number of likely N-dealkylation sites (tertiary alicyclic amines) is 1. The molecule has 1 heterocycles. The Balaban J connectivity index is 1.76. The first-order chi connectivity index (χ1) is 8.09. The zero-order valence-electron chi connectivity index (χ0n) is 9.52. The van der Waals surface area contributed by atoms with E-state index in [1.54, 1.807) is 0 Å². The minimum absolute atomic E-state index is 0.157. The maximum atomic E-state index is 11.3. The molecule has 0 radical (unpaired) electrons. The molecular weight excluding hydrogens is 224 g/mol. The van der Waals surface area contributed by atoms with E-state index in [0.29, 0.717) is 6.54 Å². The van der Waals surface area contributed by atoms with Crippen LogP contribution in [0.25, 0.3) is 0 Å². The molecule has 6 nitrogen and oxygen atoms in total. The van der Waals surface area contributed by atoms with Crippen molar-refractivity contribution in [3.8, 4) is 0 Å². The fraction of sp³-hybridized carbons (Fsp3) is 0.727. The van der Waals surface area contributed by atoms with Gasteiger partial charge in [-0.25, -0.2) is 0 Å². The number of hydrogen-bond acceptors (Lipinski definition) is 4. The molecule has 94 valence electrons. The number of imide groups is 1. The summed E-state index contributed by atoms with van der Waals surface area (Å²) in [5.41, 5.74) is 0. The van der Waals surface area contributed by atoms with Crippen molar-refractivity contribution in [1.82, 2.24) is 10.2 Å². The normalized spacial score (nSPS) is 22.0. The number of hydrogen-bond donors (Lipinski definition) is 2. The maximum absolute atomic E-state index is 11.3. The minimum Gasteiger partial charge on any atom is -0.480 e. The average Bonchev–Trinajstić information content (AvgIpc) is 3.04. The predicted molar refractivity (Wildman–Crippen MR) is 58.1 cm³/mol. The number of amides is 2. The number of carbonyl (C=O) groups is 3. The smallest absolute Gasteiger partial charge is 0.320 e. The molecule has 17 heavy (non-hydrogen) atoms. The third-order valence-electron chi connectivity index (χ3n) is 3.21. The molecule has 1 atom stereocenters. The van der Waals surface area contributed by atoms with Crippen molar-refractivity contribution in [3.63, 3.8) is 0 Å². The first-order valence-electron chi connectivity index (χ1n) is 5.89. The molecule has 0 spiro atoms. The van der Waals surface area contributed by atoms with Gasteiger partial charge in [-0.3, -0.25) is 19.3 Å². The van der Waals surface area contributed by atoms with Crippen molar-refractivity contribution < 1.29 is 19.5 Å². The van der Waals surface area contributed by atoms with Gasteiger partial charge < -0.3 is 10.4 Å². The van der Waals surface area contributed by atoms with Gasteiger partial charge in [0, 0.05) is 25.9 Å². The zero-order chi connectivity index (χ0) is 12.4. The molecule has 1 aliphatic carbocycles. The lowest BCUT2D eigenvalue weighted by Crippen LogP contribution is -2.43. The highest BCUT2D eigenvalue weighted by Gasteiger charge is 2.36. The van der Waals surface area contributed by atoms with Gasteiger partial charge >= 0.3 is 5.97 Å². The Labute approximate surface area is 99.0 Å². The van der Waals surface area contributed by atoms with E-state index in [1.807, 2.05) is 0 Å². The van der Waals surface area contributed by atoms with Gasteiger partial charge in [0.1, 0.15) is 6.04 Å². The second-order valence-electron chi connectivity index (χ2n) is 4.55. The standard InChI is InChI=1S/C11H16N2O4/c14-8-3-4-9(15)13(8)6-5-12-10(11(16)17)7-1-2-7/h7,10,12H,1-6H2,(H,16,17). The highest BCUT2D eigenvalue weighted by molar-refractivity contribution is 6.01. The Kier molecular flexibility index (Phi) is 3.42. The van der Waals surface area contributed by atoms with Gasteiger partial charge in [0.25, 0.3) is 0 Å². The third kappa shape index (κ3) is 2.82. The quantitative estimate of drug-likeness (QED) is 0.616. The largest absolute Gasteiger partial charge is 0.480 e. The lowest BCUT2D eigenvalue weighted by Gasteiger charge is -2.17. The predicted octanol–water partition coefficient (Wildman–Crippen LogP) is -0.412.